The number of hydrogen-bond acceptors (Lipinski definition) is 5. The van der Waals surface area contributed by atoms with Crippen molar-refractivity contribution in [1.29, 1.82) is 5.26 Å². The van der Waals surface area contributed by atoms with E-state index < -0.39 is 5.54 Å². The van der Waals surface area contributed by atoms with Crippen LogP contribution in [-0.4, -0.2) is 10.1 Å². The van der Waals surface area contributed by atoms with Gasteiger partial charge in [-0.3, -0.25) is 0 Å². The summed E-state index contributed by atoms with van der Waals surface area (Å²) in [7, 11) is 0. The first-order chi connectivity index (χ1) is 10.2. The predicted molar refractivity (Wildman–Crippen MR) is 78.0 cm³/mol. The van der Waals surface area contributed by atoms with E-state index in [1.807, 2.05) is 12.1 Å². The molecule has 108 valence electrons. The average molecular weight is 282 g/mol. The van der Waals surface area contributed by atoms with Gasteiger partial charge in [-0.15, -0.1) is 0 Å². The average Bonchev–Trinajstić information content (AvgIpc) is 2.92. The van der Waals surface area contributed by atoms with E-state index in [2.05, 4.69) is 16.2 Å². The maximum Gasteiger partial charge on any atom is 0.257 e. The highest BCUT2D eigenvalue weighted by molar-refractivity contribution is 5.54. The molecule has 0 spiro atoms. The van der Waals surface area contributed by atoms with Crippen LogP contribution in [0.1, 0.15) is 49.9 Å². The van der Waals surface area contributed by atoms with Crippen LogP contribution in [0.3, 0.4) is 0 Å². The lowest BCUT2D eigenvalue weighted by Crippen LogP contribution is -2.37. The van der Waals surface area contributed by atoms with Crippen LogP contribution in [0.25, 0.3) is 11.5 Å². The van der Waals surface area contributed by atoms with Gasteiger partial charge in [0.25, 0.3) is 5.89 Å². The molecular formula is C16H18N4O. The minimum absolute atomic E-state index is 0.462. The predicted octanol–water partition coefficient (Wildman–Crippen LogP) is 3.12. The van der Waals surface area contributed by atoms with Crippen molar-refractivity contribution in [3.05, 3.63) is 35.7 Å². The van der Waals surface area contributed by atoms with Crippen LogP contribution in [0.15, 0.2) is 28.8 Å². The molecule has 1 aliphatic rings. The Balaban J connectivity index is 1.86. The van der Waals surface area contributed by atoms with Crippen molar-refractivity contribution in [2.45, 2.75) is 44.1 Å². The minimum Gasteiger partial charge on any atom is -0.334 e. The summed E-state index contributed by atoms with van der Waals surface area (Å²) in [5.41, 5.74) is 7.44. The molecule has 0 saturated heterocycles. The molecule has 2 aromatic rings. The van der Waals surface area contributed by atoms with Gasteiger partial charge in [0.15, 0.2) is 5.82 Å². The Bertz CT molecular complexity index is 646. The first-order valence-electron chi connectivity index (χ1n) is 7.35. The highest BCUT2D eigenvalue weighted by Gasteiger charge is 2.33. The molecule has 1 aromatic carbocycles. The smallest absolute Gasteiger partial charge is 0.257 e. The topological polar surface area (TPSA) is 88.7 Å². The van der Waals surface area contributed by atoms with Crippen molar-refractivity contribution in [3.8, 4) is 17.5 Å². The molecule has 21 heavy (non-hydrogen) atoms. The number of nitriles is 1. The van der Waals surface area contributed by atoms with Gasteiger partial charge in [-0.1, -0.05) is 30.8 Å². The Kier molecular flexibility index (Phi) is 3.72. The van der Waals surface area contributed by atoms with Crippen molar-refractivity contribution < 1.29 is 4.52 Å². The summed E-state index contributed by atoms with van der Waals surface area (Å²) in [4.78, 5) is 4.49. The Labute approximate surface area is 123 Å². The molecule has 0 aliphatic heterocycles. The number of nitrogens with zero attached hydrogens (tertiary/aromatic N) is 3. The zero-order valence-corrected chi connectivity index (χ0v) is 11.9. The van der Waals surface area contributed by atoms with Crippen LogP contribution in [0.2, 0.25) is 0 Å². The van der Waals surface area contributed by atoms with Crippen molar-refractivity contribution >= 4 is 0 Å². The summed E-state index contributed by atoms with van der Waals surface area (Å²) in [5, 5.41) is 12.9. The molecule has 0 amide bonds. The van der Waals surface area contributed by atoms with E-state index in [1.54, 1.807) is 12.1 Å². The van der Waals surface area contributed by atoms with Crippen LogP contribution in [0.4, 0.5) is 0 Å². The second-order valence-electron chi connectivity index (χ2n) is 5.68. The maximum absolute atomic E-state index is 8.82. The molecular weight excluding hydrogens is 264 g/mol. The van der Waals surface area contributed by atoms with E-state index in [1.165, 1.54) is 12.8 Å². The monoisotopic (exact) mass is 282 g/mol. The first-order valence-corrected chi connectivity index (χ1v) is 7.35. The Morgan fingerprint density at radius 1 is 1.10 bits per heavy atom. The SMILES string of the molecule is N#Cc1ccc(-c2nc(C3(N)CCCCCC3)no2)cc1. The highest BCUT2D eigenvalue weighted by atomic mass is 16.5. The first kappa shape index (κ1) is 13.8. The van der Waals surface area contributed by atoms with Crippen molar-refractivity contribution in [2.24, 2.45) is 5.73 Å². The van der Waals surface area contributed by atoms with Crippen molar-refractivity contribution in [2.75, 3.05) is 0 Å². The van der Waals surface area contributed by atoms with Gasteiger partial charge in [-0.2, -0.15) is 10.2 Å². The van der Waals surface area contributed by atoms with E-state index in [9.17, 15) is 0 Å². The molecule has 1 aliphatic carbocycles. The molecule has 1 saturated carbocycles. The number of aromatic nitrogens is 2. The van der Waals surface area contributed by atoms with Gasteiger partial charge in [-0.25, -0.2) is 0 Å². The molecule has 0 bridgehead atoms. The van der Waals surface area contributed by atoms with Gasteiger partial charge in [0.05, 0.1) is 17.2 Å². The molecule has 1 aromatic heterocycles. The van der Waals surface area contributed by atoms with Gasteiger partial charge < -0.3 is 10.3 Å². The zero-order chi connectivity index (χ0) is 14.7. The van der Waals surface area contributed by atoms with Crippen LogP contribution in [0.5, 0.6) is 0 Å². The third kappa shape index (κ3) is 2.81. The third-order valence-electron chi connectivity index (χ3n) is 4.13. The number of rotatable bonds is 2. The van der Waals surface area contributed by atoms with E-state index in [0.717, 1.165) is 31.2 Å². The fraction of sp³-hybridized carbons (Fsp3) is 0.438. The van der Waals surface area contributed by atoms with Crippen molar-refractivity contribution in [1.82, 2.24) is 10.1 Å². The summed E-state index contributed by atoms with van der Waals surface area (Å²) in [6.45, 7) is 0. The molecule has 0 atom stereocenters. The van der Waals surface area contributed by atoms with Gasteiger partial charge in [0, 0.05) is 5.56 Å². The molecule has 1 fully saturated rings. The Morgan fingerprint density at radius 3 is 2.38 bits per heavy atom. The summed E-state index contributed by atoms with van der Waals surface area (Å²) < 4.78 is 5.36. The van der Waals surface area contributed by atoms with Gasteiger partial charge >= 0.3 is 0 Å². The highest BCUT2D eigenvalue weighted by Crippen LogP contribution is 2.33. The van der Waals surface area contributed by atoms with E-state index in [0.29, 0.717) is 17.3 Å². The van der Waals surface area contributed by atoms with Crippen LogP contribution in [-0.2, 0) is 5.54 Å². The number of nitrogens with two attached hydrogens (primary N) is 1. The summed E-state index contributed by atoms with van der Waals surface area (Å²) >= 11 is 0. The second-order valence-corrected chi connectivity index (χ2v) is 5.68. The standard InChI is InChI=1S/C16H18N4O/c17-11-12-5-7-13(8-6-12)14-19-15(20-21-14)16(18)9-3-1-2-4-10-16/h5-8H,1-4,9-10,18H2. The van der Waals surface area contributed by atoms with Crippen molar-refractivity contribution in [3.63, 3.8) is 0 Å². The van der Waals surface area contributed by atoms with Crippen LogP contribution < -0.4 is 5.73 Å². The molecule has 5 nitrogen and oxygen atoms in total. The van der Waals surface area contributed by atoms with E-state index in [-0.39, 0.29) is 0 Å². The molecule has 0 unspecified atom stereocenters. The lowest BCUT2D eigenvalue weighted by Gasteiger charge is -2.23. The minimum atomic E-state index is -0.467. The van der Waals surface area contributed by atoms with E-state index in [4.69, 9.17) is 15.5 Å². The summed E-state index contributed by atoms with van der Waals surface area (Å²) in [5.74, 6) is 1.06. The largest absolute Gasteiger partial charge is 0.334 e. The quantitative estimate of drug-likeness (QED) is 0.855. The Morgan fingerprint density at radius 2 is 1.76 bits per heavy atom. The molecule has 1 heterocycles. The summed E-state index contributed by atoms with van der Waals surface area (Å²) in [6, 6.07) is 9.19. The molecule has 5 heteroatoms. The lowest BCUT2D eigenvalue weighted by atomic mass is 9.91. The van der Waals surface area contributed by atoms with Crippen LogP contribution >= 0.6 is 0 Å². The normalized spacial score (nSPS) is 17.9. The van der Waals surface area contributed by atoms with Gasteiger partial charge in [0.1, 0.15) is 0 Å². The number of hydrogen-bond donors (Lipinski definition) is 1. The van der Waals surface area contributed by atoms with E-state index >= 15 is 0 Å². The summed E-state index contributed by atoms with van der Waals surface area (Å²) in [6.07, 6.45) is 6.46. The van der Waals surface area contributed by atoms with Gasteiger partial charge in [0.2, 0.25) is 0 Å². The molecule has 3 rings (SSSR count). The maximum atomic E-state index is 8.82. The number of benzene rings is 1. The lowest BCUT2D eigenvalue weighted by molar-refractivity contribution is 0.334. The molecule has 2 N–H and O–H groups in total. The fourth-order valence-corrected chi connectivity index (χ4v) is 2.81. The third-order valence-corrected chi connectivity index (χ3v) is 4.13. The molecule has 0 radical (unpaired) electrons. The zero-order valence-electron chi connectivity index (χ0n) is 11.9. The second kappa shape index (κ2) is 5.66. The Hall–Kier alpha value is -2.19. The van der Waals surface area contributed by atoms with Gasteiger partial charge in [-0.05, 0) is 37.1 Å². The van der Waals surface area contributed by atoms with Crippen LogP contribution in [0, 0.1) is 11.3 Å². The fourth-order valence-electron chi connectivity index (χ4n) is 2.81.